The Morgan fingerprint density at radius 1 is 1.04 bits per heavy atom. The Bertz CT molecular complexity index is 552. The van der Waals surface area contributed by atoms with Crippen LogP contribution in [0.5, 0.6) is 0 Å². The fourth-order valence-electron chi connectivity index (χ4n) is 3.13. The number of methoxy groups -OCH3 is 1. The van der Waals surface area contributed by atoms with Crippen molar-refractivity contribution < 1.29 is 14.3 Å². The van der Waals surface area contributed by atoms with E-state index < -0.39 is 0 Å². The molecule has 27 heavy (non-hydrogen) atoms. The summed E-state index contributed by atoms with van der Waals surface area (Å²) in [4.78, 5) is 23.0. The normalized spacial score (nSPS) is 18.4. The molecule has 0 aliphatic heterocycles. The van der Waals surface area contributed by atoms with Crippen LogP contribution < -0.4 is 0 Å². The largest absolute Gasteiger partial charge is 0.469 e. The minimum Gasteiger partial charge on any atom is -0.469 e. The van der Waals surface area contributed by atoms with Gasteiger partial charge in [0, 0.05) is 17.9 Å². The SMILES string of the molecule is CCCCC/C=C/C=C1/C(=O)C=C[C@@H]1C/C=C\CCCCCCC(=O)OC. The molecule has 0 unspecified atom stereocenters. The van der Waals surface area contributed by atoms with E-state index in [0.717, 1.165) is 50.5 Å². The van der Waals surface area contributed by atoms with E-state index in [1.54, 1.807) is 6.08 Å². The molecule has 0 amide bonds. The third-order valence-corrected chi connectivity index (χ3v) is 4.84. The smallest absolute Gasteiger partial charge is 0.305 e. The van der Waals surface area contributed by atoms with Crippen molar-refractivity contribution >= 4 is 11.8 Å². The zero-order valence-corrected chi connectivity index (χ0v) is 17.1. The number of rotatable bonds is 14. The minimum atomic E-state index is -0.117. The van der Waals surface area contributed by atoms with Crippen molar-refractivity contribution in [2.75, 3.05) is 7.11 Å². The number of esters is 1. The van der Waals surface area contributed by atoms with Crippen LogP contribution in [0.3, 0.4) is 0 Å². The monoisotopic (exact) mass is 372 g/mol. The number of carbonyl (C=O) groups excluding carboxylic acids is 2. The van der Waals surface area contributed by atoms with E-state index in [2.05, 4.69) is 29.9 Å². The van der Waals surface area contributed by atoms with Crippen molar-refractivity contribution in [3.05, 3.63) is 48.1 Å². The van der Waals surface area contributed by atoms with Crippen LogP contribution in [0.25, 0.3) is 0 Å². The Morgan fingerprint density at radius 3 is 2.56 bits per heavy atom. The van der Waals surface area contributed by atoms with Gasteiger partial charge in [-0.3, -0.25) is 9.59 Å². The molecule has 1 atom stereocenters. The van der Waals surface area contributed by atoms with Crippen LogP contribution >= 0.6 is 0 Å². The summed E-state index contributed by atoms with van der Waals surface area (Å²) in [7, 11) is 1.44. The van der Waals surface area contributed by atoms with Gasteiger partial charge in [-0.05, 0) is 44.6 Å². The molecule has 3 heteroatoms. The summed E-state index contributed by atoms with van der Waals surface area (Å²) in [6.07, 6.45) is 25.9. The van der Waals surface area contributed by atoms with E-state index in [9.17, 15) is 9.59 Å². The Morgan fingerprint density at radius 2 is 1.78 bits per heavy atom. The van der Waals surface area contributed by atoms with Gasteiger partial charge < -0.3 is 4.74 Å². The summed E-state index contributed by atoms with van der Waals surface area (Å²) in [6.45, 7) is 2.21. The molecule has 1 aliphatic carbocycles. The van der Waals surface area contributed by atoms with Crippen molar-refractivity contribution in [1.29, 1.82) is 0 Å². The predicted octanol–water partition coefficient (Wildman–Crippen LogP) is 6.26. The maximum atomic E-state index is 12.0. The van der Waals surface area contributed by atoms with E-state index in [4.69, 9.17) is 0 Å². The van der Waals surface area contributed by atoms with Crippen LogP contribution in [-0.4, -0.2) is 18.9 Å². The highest BCUT2D eigenvalue weighted by Gasteiger charge is 2.20. The number of unbranched alkanes of at least 4 members (excludes halogenated alkanes) is 7. The topological polar surface area (TPSA) is 43.4 Å². The Labute approximate surface area is 165 Å². The third kappa shape index (κ3) is 10.7. The fraction of sp³-hybridized carbons (Fsp3) is 0.583. The Balaban J connectivity index is 2.21. The van der Waals surface area contributed by atoms with Crippen molar-refractivity contribution in [1.82, 2.24) is 0 Å². The van der Waals surface area contributed by atoms with Crippen LogP contribution in [0.15, 0.2) is 48.1 Å². The summed E-state index contributed by atoms with van der Waals surface area (Å²) in [5.74, 6) is 0.250. The van der Waals surface area contributed by atoms with E-state index in [-0.39, 0.29) is 17.7 Å². The molecule has 0 fully saturated rings. The second kappa shape index (κ2) is 15.2. The van der Waals surface area contributed by atoms with Crippen molar-refractivity contribution in [3.8, 4) is 0 Å². The number of allylic oxidation sites excluding steroid dienone is 8. The highest BCUT2D eigenvalue weighted by Crippen LogP contribution is 2.25. The molecular formula is C24H36O3. The van der Waals surface area contributed by atoms with Gasteiger partial charge in [-0.15, -0.1) is 0 Å². The summed E-state index contributed by atoms with van der Waals surface area (Å²) >= 11 is 0. The highest BCUT2D eigenvalue weighted by molar-refractivity contribution is 6.07. The molecule has 0 radical (unpaired) electrons. The fourth-order valence-corrected chi connectivity index (χ4v) is 3.13. The lowest BCUT2D eigenvalue weighted by molar-refractivity contribution is -0.140. The Hall–Kier alpha value is -1.90. The van der Waals surface area contributed by atoms with Crippen molar-refractivity contribution in [2.24, 2.45) is 5.92 Å². The Kier molecular flexibility index (Phi) is 13.0. The molecule has 0 aromatic carbocycles. The average Bonchev–Trinajstić information content (AvgIpc) is 3.02. The van der Waals surface area contributed by atoms with Gasteiger partial charge in [0.15, 0.2) is 5.78 Å². The van der Waals surface area contributed by atoms with Gasteiger partial charge in [0.25, 0.3) is 0 Å². The van der Waals surface area contributed by atoms with Crippen LogP contribution in [0.1, 0.15) is 77.6 Å². The van der Waals surface area contributed by atoms with Gasteiger partial charge in [-0.2, -0.15) is 0 Å². The maximum Gasteiger partial charge on any atom is 0.305 e. The molecule has 1 rings (SSSR count). The van der Waals surface area contributed by atoms with Crippen LogP contribution in [-0.2, 0) is 14.3 Å². The quantitative estimate of drug-likeness (QED) is 0.156. The lowest BCUT2D eigenvalue weighted by Crippen LogP contribution is -2.01. The van der Waals surface area contributed by atoms with E-state index >= 15 is 0 Å². The second-order valence-electron chi connectivity index (χ2n) is 7.11. The predicted molar refractivity (Wildman–Crippen MR) is 112 cm³/mol. The zero-order chi connectivity index (χ0) is 19.7. The van der Waals surface area contributed by atoms with Gasteiger partial charge >= 0.3 is 5.97 Å². The van der Waals surface area contributed by atoms with E-state index in [0.29, 0.717) is 6.42 Å². The molecule has 150 valence electrons. The lowest BCUT2D eigenvalue weighted by atomic mass is 9.97. The molecule has 3 nitrogen and oxygen atoms in total. The molecule has 0 saturated heterocycles. The van der Waals surface area contributed by atoms with Crippen molar-refractivity contribution in [3.63, 3.8) is 0 Å². The number of ether oxygens (including phenoxy) is 1. The minimum absolute atomic E-state index is 0.117. The highest BCUT2D eigenvalue weighted by atomic mass is 16.5. The van der Waals surface area contributed by atoms with Gasteiger partial charge in [0.05, 0.1) is 7.11 Å². The lowest BCUT2D eigenvalue weighted by Gasteiger charge is -2.06. The zero-order valence-electron chi connectivity index (χ0n) is 17.1. The third-order valence-electron chi connectivity index (χ3n) is 4.84. The number of hydrogen-bond donors (Lipinski definition) is 0. The van der Waals surface area contributed by atoms with E-state index in [1.165, 1.54) is 26.4 Å². The van der Waals surface area contributed by atoms with Crippen molar-refractivity contribution in [2.45, 2.75) is 77.6 Å². The molecule has 0 spiro atoms. The molecular weight excluding hydrogens is 336 g/mol. The number of hydrogen-bond acceptors (Lipinski definition) is 3. The molecule has 0 aromatic heterocycles. The first-order chi connectivity index (χ1) is 13.2. The summed E-state index contributed by atoms with van der Waals surface area (Å²) < 4.78 is 4.63. The second-order valence-corrected chi connectivity index (χ2v) is 7.11. The molecule has 0 bridgehead atoms. The molecule has 0 heterocycles. The van der Waals surface area contributed by atoms with Gasteiger partial charge in [-0.1, -0.05) is 69.1 Å². The van der Waals surface area contributed by atoms with E-state index in [1.807, 2.05) is 18.2 Å². The van der Waals surface area contributed by atoms with Crippen LogP contribution in [0, 0.1) is 5.92 Å². The summed E-state index contributed by atoms with van der Waals surface area (Å²) in [5, 5.41) is 0. The first-order valence-electron chi connectivity index (χ1n) is 10.5. The van der Waals surface area contributed by atoms with Gasteiger partial charge in [-0.25, -0.2) is 0 Å². The summed E-state index contributed by atoms with van der Waals surface area (Å²) in [6, 6.07) is 0. The van der Waals surface area contributed by atoms with Crippen LogP contribution in [0.4, 0.5) is 0 Å². The standard InChI is InChI=1S/C24H36O3/c1-3-4-5-6-11-14-17-22-21(19-20-23(22)25)16-13-10-8-7-9-12-15-18-24(26)27-2/h10-11,13-14,17,19-21H,3-9,12,15-16,18H2,1-2H3/b13-10-,14-11+,22-17+/t21-/m0/s1. The van der Waals surface area contributed by atoms with Gasteiger partial charge in [0.2, 0.25) is 0 Å². The first kappa shape index (κ1) is 23.1. The number of ketones is 1. The first-order valence-corrected chi connectivity index (χ1v) is 10.5. The summed E-state index contributed by atoms with van der Waals surface area (Å²) in [5.41, 5.74) is 0.911. The average molecular weight is 373 g/mol. The molecule has 1 aliphatic rings. The maximum absolute atomic E-state index is 12.0. The van der Waals surface area contributed by atoms with Gasteiger partial charge in [0.1, 0.15) is 0 Å². The molecule has 0 N–H and O–H groups in total. The van der Waals surface area contributed by atoms with Crippen LogP contribution in [0.2, 0.25) is 0 Å². The number of carbonyl (C=O) groups is 2. The molecule has 0 aromatic rings. The molecule has 0 saturated carbocycles.